The molecule has 2 N–H and O–H groups in total. The van der Waals surface area contributed by atoms with E-state index in [1.165, 1.54) is 25.1 Å². The minimum Gasteiger partial charge on any atom is -0.454 e. The molecule has 0 saturated heterocycles. The van der Waals surface area contributed by atoms with Gasteiger partial charge in [0.1, 0.15) is 6.04 Å². The van der Waals surface area contributed by atoms with Crippen LogP contribution >= 0.6 is 23.2 Å². The lowest BCUT2D eigenvalue weighted by molar-refractivity contribution is -0.148. The lowest BCUT2D eigenvalue weighted by Crippen LogP contribution is -2.40. The monoisotopic (exact) mass is 394 g/mol. The number of anilines is 1. The van der Waals surface area contributed by atoms with Gasteiger partial charge in [-0.15, -0.1) is 0 Å². The van der Waals surface area contributed by atoms with E-state index in [-0.39, 0.29) is 0 Å². The number of benzene rings is 2. The fourth-order valence-corrected chi connectivity index (χ4v) is 2.54. The lowest BCUT2D eigenvalue weighted by atomic mass is 10.2. The Hall–Kier alpha value is -2.57. The molecule has 0 saturated carbocycles. The van der Waals surface area contributed by atoms with Crippen LogP contribution in [0.25, 0.3) is 0 Å². The van der Waals surface area contributed by atoms with E-state index in [9.17, 15) is 14.4 Å². The minimum atomic E-state index is -0.906. The van der Waals surface area contributed by atoms with Crippen LogP contribution in [0.3, 0.4) is 0 Å². The molecule has 0 heterocycles. The van der Waals surface area contributed by atoms with Gasteiger partial charge >= 0.3 is 5.97 Å². The SMILES string of the molecule is C[C@H](NC(=O)c1ccccc1)C(=O)OCC(=O)Nc1cc(Cl)cc(Cl)c1. The molecule has 26 heavy (non-hydrogen) atoms. The highest BCUT2D eigenvalue weighted by atomic mass is 35.5. The summed E-state index contributed by atoms with van der Waals surface area (Å²) in [4.78, 5) is 35.7. The first kappa shape index (κ1) is 19.8. The summed E-state index contributed by atoms with van der Waals surface area (Å²) in [6.07, 6.45) is 0. The Balaban J connectivity index is 1.81. The number of nitrogens with one attached hydrogen (secondary N) is 2. The molecule has 2 rings (SSSR count). The summed E-state index contributed by atoms with van der Waals surface area (Å²) in [5.41, 5.74) is 0.803. The standard InChI is InChI=1S/C18H16Cl2N2O4/c1-11(21-17(24)12-5-3-2-4-6-12)18(25)26-10-16(23)22-15-8-13(19)7-14(20)9-15/h2-9,11H,10H2,1H3,(H,21,24)(H,22,23)/t11-/m0/s1. The van der Waals surface area contributed by atoms with E-state index in [1.807, 2.05) is 0 Å². The predicted molar refractivity (Wildman–Crippen MR) is 99.4 cm³/mol. The van der Waals surface area contributed by atoms with E-state index in [2.05, 4.69) is 10.6 Å². The molecule has 0 aliphatic carbocycles. The molecule has 0 aliphatic heterocycles. The Bertz CT molecular complexity index is 792. The average Bonchev–Trinajstić information content (AvgIpc) is 2.59. The molecular formula is C18H16Cl2N2O4. The first-order valence-corrected chi connectivity index (χ1v) is 8.39. The number of esters is 1. The van der Waals surface area contributed by atoms with Gasteiger partial charge in [-0.3, -0.25) is 9.59 Å². The van der Waals surface area contributed by atoms with Gasteiger partial charge in [-0.1, -0.05) is 41.4 Å². The summed E-state index contributed by atoms with van der Waals surface area (Å²) in [5.74, 6) is -1.69. The third-order valence-electron chi connectivity index (χ3n) is 3.23. The van der Waals surface area contributed by atoms with Gasteiger partial charge in [0.2, 0.25) is 0 Å². The number of rotatable bonds is 6. The summed E-state index contributed by atoms with van der Waals surface area (Å²) in [7, 11) is 0. The van der Waals surface area contributed by atoms with Crippen molar-refractivity contribution in [1.82, 2.24) is 5.32 Å². The second kappa shape index (κ2) is 9.22. The first-order chi connectivity index (χ1) is 12.3. The Morgan fingerprint density at radius 1 is 1.04 bits per heavy atom. The van der Waals surface area contributed by atoms with Crippen molar-refractivity contribution in [3.63, 3.8) is 0 Å². The molecule has 0 bridgehead atoms. The van der Waals surface area contributed by atoms with Gasteiger partial charge in [-0.05, 0) is 37.3 Å². The highest BCUT2D eigenvalue weighted by Crippen LogP contribution is 2.22. The molecule has 8 heteroatoms. The zero-order valence-corrected chi connectivity index (χ0v) is 15.3. The van der Waals surface area contributed by atoms with E-state index in [4.69, 9.17) is 27.9 Å². The fourth-order valence-electron chi connectivity index (χ4n) is 2.01. The van der Waals surface area contributed by atoms with Crippen LogP contribution in [0.2, 0.25) is 10.0 Å². The van der Waals surface area contributed by atoms with E-state index >= 15 is 0 Å². The van der Waals surface area contributed by atoms with Crippen LogP contribution in [0.5, 0.6) is 0 Å². The Kier molecular flexibility index (Phi) is 7.00. The third kappa shape index (κ3) is 6.06. The molecule has 2 aromatic carbocycles. The van der Waals surface area contributed by atoms with Crippen molar-refractivity contribution in [2.24, 2.45) is 0 Å². The molecule has 136 valence electrons. The second-order valence-corrected chi connectivity index (χ2v) is 6.25. The Morgan fingerprint density at radius 3 is 2.27 bits per heavy atom. The topological polar surface area (TPSA) is 84.5 Å². The normalized spacial score (nSPS) is 11.3. The number of carbonyl (C=O) groups is 3. The zero-order valence-electron chi connectivity index (χ0n) is 13.8. The summed E-state index contributed by atoms with van der Waals surface area (Å²) in [6, 6.07) is 12.1. The Labute approximate surface area is 160 Å². The van der Waals surface area contributed by atoms with Crippen molar-refractivity contribution < 1.29 is 19.1 Å². The van der Waals surface area contributed by atoms with Crippen LogP contribution < -0.4 is 10.6 Å². The van der Waals surface area contributed by atoms with E-state index in [1.54, 1.807) is 30.3 Å². The molecular weight excluding hydrogens is 379 g/mol. The summed E-state index contributed by atoms with van der Waals surface area (Å²) >= 11 is 11.7. The summed E-state index contributed by atoms with van der Waals surface area (Å²) < 4.78 is 4.90. The maximum atomic E-state index is 12.0. The molecule has 0 radical (unpaired) electrons. The van der Waals surface area contributed by atoms with Gasteiger partial charge in [0.25, 0.3) is 11.8 Å². The van der Waals surface area contributed by atoms with E-state index in [0.717, 1.165) is 0 Å². The predicted octanol–water partition coefficient (Wildman–Crippen LogP) is 3.29. The maximum Gasteiger partial charge on any atom is 0.328 e. The molecule has 2 amide bonds. The molecule has 0 unspecified atom stereocenters. The maximum absolute atomic E-state index is 12.0. The molecule has 0 fully saturated rings. The molecule has 0 aliphatic rings. The third-order valence-corrected chi connectivity index (χ3v) is 3.67. The van der Waals surface area contributed by atoms with Crippen molar-refractivity contribution >= 4 is 46.7 Å². The number of ether oxygens (including phenoxy) is 1. The molecule has 2 aromatic rings. The van der Waals surface area contributed by atoms with Gasteiger partial charge < -0.3 is 15.4 Å². The van der Waals surface area contributed by atoms with Crippen LogP contribution in [0.1, 0.15) is 17.3 Å². The number of halogens is 2. The largest absolute Gasteiger partial charge is 0.454 e. The Morgan fingerprint density at radius 2 is 1.65 bits per heavy atom. The zero-order chi connectivity index (χ0) is 19.1. The van der Waals surface area contributed by atoms with Crippen molar-refractivity contribution in [2.75, 3.05) is 11.9 Å². The average molecular weight is 395 g/mol. The van der Waals surface area contributed by atoms with Crippen molar-refractivity contribution in [3.05, 3.63) is 64.1 Å². The summed E-state index contributed by atoms with van der Waals surface area (Å²) in [5, 5.41) is 5.74. The number of carbonyl (C=O) groups excluding carboxylic acids is 3. The van der Waals surface area contributed by atoms with Gasteiger partial charge in [0.15, 0.2) is 6.61 Å². The van der Waals surface area contributed by atoms with Crippen molar-refractivity contribution in [1.29, 1.82) is 0 Å². The van der Waals surface area contributed by atoms with Crippen molar-refractivity contribution in [3.8, 4) is 0 Å². The number of amides is 2. The van der Waals surface area contributed by atoms with Crippen LogP contribution in [0, 0.1) is 0 Å². The van der Waals surface area contributed by atoms with Crippen LogP contribution in [0.15, 0.2) is 48.5 Å². The number of hydrogen-bond acceptors (Lipinski definition) is 4. The quantitative estimate of drug-likeness (QED) is 0.736. The molecule has 0 aromatic heterocycles. The lowest BCUT2D eigenvalue weighted by Gasteiger charge is -2.13. The van der Waals surface area contributed by atoms with Crippen LogP contribution in [-0.2, 0) is 14.3 Å². The fraction of sp³-hybridized carbons (Fsp3) is 0.167. The van der Waals surface area contributed by atoms with Gasteiger partial charge in [-0.25, -0.2) is 4.79 Å². The van der Waals surface area contributed by atoms with E-state index in [0.29, 0.717) is 21.3 Å². The molecule has 6 nitrogen and oxygen atoms in total. The summed E-state index contributed by atoms with van der Waals surface area (Å²) in [6.45, 7) is 0.965. The molecule has 0 spiro atoms. The second-order valence-electron chi connectivity index (χ2n) is 5.38. The van der Waals surface area contributed by atoms with Crippen LogP contribution in [-0.4, -0.2) is 30.4 Å². The van der Waals surface area contributed by atoms with E-state index < -0.39 is 30.4 Å². The van der Waals surface area contributed by atoms with Gasteiger partial charge in [0, 0.05) is 21.3 Å². The minimum absolute atomic E-state index is 0.363. The highest BCUT2D eigenvalue weighted by molar-refractivity contribution is 6.35. The number of hydrogen-bond donors (Lipinski definition) is 2. The van der Waals surface area contributed by atoms with Crippen LogP contribution in [0.4, 0.5) is 5.69 Å². The van der Waals surface area contributed by atoms with Gasteiger partial charge in [0.05, 0.1) is 0 Å². The van der Waals surface area contributed by atoms with Gasteiger partial charge in [-0.2, -0.15) is 0 Å². The smallest absolute Gasteiger partial charge is 0.328 e. The first-order valence-electron chi connectivity index (χ1n) is 7.63. The molecule has 1 atom stereocenters. The van der Waals surface area contributed by atoms with Crippen molar-refractivity contribution in [2.45, 2.75) is 13.0 Å². The highest BCUT2D eigenvalue weighted by Gasteiger charge is 2.19.